The molecule has 0 fully saturated rings. The average molecular weight is 393 g/mol. The first-order chi connectivity index (χ1) is 11.4. The van der Waals surface area contributed by atoms with Crippen LogP contribution in [0.2, 0.25) is 0 Å². The minimum Gasteiger partial charge on any atom is -0.490 e. The normalized spacial score (nSPS) is 9.62. The van der Waals surface area contributed by atoms with Crippen molar-refractivity contribution in [3.05, 3.63) is 27.7 Å². The lowest BCUT2D eigenvalue weighted by Crippen LogP contribution is -2.19. The zero-order chi connectivity index (χ0) is 18.1. The molecule has 0 aliphatic carbocycles. The summed E-state index contributed by atoms with van der Waals surface area (Å²) in [4.78, 5) is 11.6. The number of esters is 1. The zero-order valence-corrected chi connectivity index (χ0v) is 15.2. The van der Waals surface area contributed by atoms with Gasteiger partial charge in [0.2, 0.25) is 0 Å². The lowest BCUT2D eigenvalue weighted by Gasteiger charge is -2.14. The van der Waals surface area contributed by atoms with Gasteiger partial charge in [0.15, 0.2) is 18.1 Å². The third kappa shape index (κ3) is 5.94. The van der Waals surface area contributed by atoms with E-state index in [4.69, 9.17) is 24.7 Å². The summed E-state index contributed by atoms with van der Waals surface area (Å²) in [6.07, 6.45) is 1.21. The number of nitriles is 2. The Hall–Kier alpha value is -2.51. The quantitative estimate of drug-likeness (QED) is 0.519. The minimum atomic E-state index is -0.483. The third-order valence-electron chi connectivity index (χ3n) is 2.62. The molecule has 0 aromatic heterocycles. The van der Waals surface area contributed by atoms with Crippen molar-refractivity contribution in [1.29, 1.82) is 10.5 Å². The topological polar surface area (TPSA) is 92.3 Å². The molecule has 7 heteroatoms. The largest absolute Gasteiger partial charge is 0.490 e. The number of allylic oxidation sites excluding steroid dienone is 1. The lowest BCUT2D eigenvalue weighted by atomic mass is 10.1. The highest BCUT2D eigenvalue weighted by Gasteiger charge is 2.13. The smallest absolute Gasteiger partial charge is 0.344 e. The summed E-state index contributed by atoms with van der Waals surface area (Å²) >= 11 is 3.35. The van der Waals surface area contributed by atoms with Gasteiger partial charge < -0.3 is 14.2 Å². The molecule has 0 saturated carbocycles. The molecule has 24 heavy (non-hydrogen) atoms. The van der Waals surface area contributed by atoms with Gasteiger partial charge in [-0.3, -0.25) is 0 Å². The second kappa shape index (κ2) is 9.59. The van der Waals surface area contributed by atoms with Gasteiger partial charge in [-0.15, -0.1) is 0 Å². The Balaban J connectivity index is 3.08. The molecular weight excluding hydrogens is 376 g/mol. The van der Waals surface area contributed by atoms with Gasteiger partial charge in [-0.05, 0) is 44.5 Å². The van der Waals surface area contributed by atoms with Crippen LogP contribution in [0.4, 0.5) is 0 Å². The van der Waals surface area contributed by atoms with Crippen LogP contribution < -0.4 is 9.47 Å². The maximum atomic E-state index is 11.6. The van der Waals surface area contributed by atoms with Gasteiger partial charge in [-0.25, -0.2) is 4.79 Å². The van der Waals surface area contributed by atoms with Crippen LogP contribution in [-0.2, 0) is 9.53 Å². The first-order valence-corrected chi connectivity index (χ1v) is 8.01. The van der Waals surface area contributed by atoms with E-state index in [9.17, 15) is 4.79 Å². The Morgan fingerprint density at radius 2 is 1.88 bits per heavy atom. The maximum absolute atomic E-state index is 11.6. The molecule has 0 heterocycles. The van der Waals surface area contributed by atoms with Gasteiger partial charge in [0.1, 0.15) is 17.7 Å². The Labute approximate surface area is 149 Å². The van der Waals surface area contributed by atoms with Gasteiger partial charge >= 0.3 is 5.97 Å². The highest BCUT2D eigenvalue weighted by atomic mass is 79.9. The predicted molar refractivity (Wildman–Crippen MR) is 91.2 cm³/mol. The molecule has 0 radical (unpaired) electrons. The summed E-state index contributed by atoms with van der Waals surface area (Å²) in [7, 11) is 0. The van der Waals surface area contributed by atoms with Crippen molar-refractivity contribution in [3.8, 4) is 23.6 Å². The number of halogens is 1. The van der Waals surface area contributed by atoms with Crippen LogP contribution in [0.1, 0.15) is 26.3 Å². The standard InChI is InChI=1S/C17H17BrN2O4/c1-4-22-15-6-13(5-12(8-19)9-20)14(18)7-16(15)23-10-17(21)24-11(2)3/h5-7,11H,4,10H2,1-3H3. The van der Waals surface area contributed by atoms with Crippen molar-refractivity contribution < 1.29 is 19.0 Å². The summed E-state index contributed by atoms with van der Waals surface area (Å²) in [5.74, 6) is 0.278. The fourth-order valence-electron chi connectivity index (χ4n) is 1.72. The number of benzene rings is 1. The van der Waals surface area contributed by atoms with Gasteiger partial charge in [-0.2, -0.15) is 10.5 Å². The summed E-state index contributed by atoms with van der Waals surface area (Å²) < 4.78 is 16.6. The highest BCUT2D eigenvalue weighted by Crippen LogP contribution is 2.35. The van der Waals surface area contributed by atoms with E-state index < -0.39 is 5.97 Å². The van der Waals surface area contributed by atoms with E-state index in [2.05, 4.69) is 15.9 Å². The van der Waals surface area contributed by atoms with Crippen molar-refractivity contribution in [3.63, 3.8) is 0 Å². The fourth-order valence-corrected chi connectivity index (χ4v) is 2.16. The molecule has 0 bridgehead atoms. The number of nitrogens with zero attached hydrogens (tertiary/aromatic N) is 2. The van der Waals surface area contributed by atoms with Gasteiger partial charge in [0, 0.05) is 4.47 Å². The Morgan fingerprint density at radius 3 is 2.42 bits per heavy atom. The second-order valence-corrected chi connectivity index (χ2v) is 5.72. The van der Waals surface area contributed by atoms with Crippen LogP contribution in [0.15, 0.2) is 22.2 Å². The number of carbonyl (C=O) groups is 1. The fraction of sp³-hybridized carbons (Fsp3) is 0.353. The molecule has 1 aromatic carbocycles. The van der Waals surface area contributed by atoms with Crippen LogP contribution in [0.25, 0.3) is 6.08 Å². The first-order valence-electron chi connectivity index (χ1n) is 7.21. The number of rotatable bonds is 7. The molecule has 126 valence electrons. The molecule has 6 nitrogen and oxygen atoms in total. The molecule has 0 spiro atoms. The van der Waals surface area contributed by atoms with Crippen LogP contribution >= 0.6 is 15.9 Å². The average Bonchev–Trinajstić information content (AvgIpc) is 2.53. The summed E-state index contributed by atoms with van der Waals surface area (Å²) in [6.45, 7) is 5.46. The van der Waals surface area contributed by atoms with Crippen molar-refractivity contribution in [2.75, 3.05) is 13.2 Å². The van der Waals surface area contributed by atoms with Crippen molar-refractivity contribution >= 4 is 28.0 Å². The third-order valence-corrected chi connectivity index (χ3v) is 3.30. The molecule has 0 aliphatic heterocycles. The molecule has 0 aliphatic rings. The number of ether oxygens (including phenoxy) is 3. The Bertz CT molecular complexity index is 699. The first kappa shape index (κ1) is 19.5. The molecule has 0 saturated heterocycles. The van der Waals surface area contributed by atoms with Crippen molar-refractivity contribution in [2.45, 2.75) is 26.9 Å². The minimum absolute atomic E-state index is 0.0349. The highest BCUT2D eigenvalue weighted by molar-refractivity contribution is 9.10. The van der Waals surface area contributed by atoms with E-state index in [1.807, 2.05) is 6.92 Å². The van der Waals surface area contributed by atoms with E-state index in [0.717, 1.165) is 0 Å². The molecule has 0 atom stereocenters. The van der Waals surface area contributed by atoms with Crippen LogP contribution in [0.3, 0.4) is 0 Å². The van der Waals surface area contributed by atoms with E-state index >= 15 is 0 Å². The van der Waals surface area contributed by atoms with Crippen molar-refractivity contribution in [1.82, 2.24) is 0 Å². The van der Waals surface area contributed by atoms with Crippen LogP contribution in [0.5, 0.6) is 11.5 Å². The molecular formula is C17H17BrN2O4. The summed E-state index contributed by atoms with van der Waals surface area (Å²) in [5.41, 5.74) is 0.556. The predicted octanol–water partition coefficient (Wildman–Crippen LogP) is 3.61. The van der Waals surface area contributed by atoms with E-state index in [1.54, 1.807) is 38.1 Å². The zero-order valence-electron chi connectivity index (χ0n) is 13.6. The van der Waals surface area contributed by atoms with Crippen LogP contribution in [-0.4, -0.2) is 25.3 Å². The molecule has 1 aromatic rings. The molecule has 0 amide bonds. The SMILES string of the molecule is CCOc1cc(C=C(C#N)C#N)c(Br)cc1OCC(=O)OC(C)C. The Morgan fingerprint density at radius 1 is 1.25 bits per heavy atom. The Kier molecular flexibility index (Phi) is 7.81. The van der Waals surface area contributed by atoms with Gasteiger partial charge in [-0.1, -0.05) is 15.9 Å². The number of hydrogen-bond acceptors (Lipinski definition) is 6. The number of hydrogen-bond donors (Lipinski definition) is 0. The summed E-state index contributed by atoms with van der Waals surface area (Å²) in [5, 5.41) is 17.7. The molecule has 0 unspecified atom stereocenters. The van der Waals surface area contributed by atoms with Crippen LogP contribution in [0, 0.1) is 22.7 Å². The summed E-state index contributed by atoms with van der Waals surface area (Å²) in [6, 6.07) is 6.84. The number of carbonyl (C=O) groups excluding carboxylic acids is 1. The molecule has 0 N–H and O–H groups in total. The van der Waals surface area contributed by atoms with Gasteiger partial charge in [0.05, 0.1) is 12.7 Å². The monoisotopic (exact) mass is 392 g/mol. The van der Waals surface area contributed by atoms with E-state index in [0.29, 0.717) is 28.1 Å². The lowest BCUT2D eigenvalue weighted by molar-refractivity contribution is -0.149. The maximum Gasteiger partial charge on any atom is 0.344 e. The van der Waals surface area contributed by atoms with Gasteiger partial charge in [0.25, 0.3) is 0 Å². The van der Waals surface area contributed by atoms with E-state index in [-0.39, 0.29) is 18.3 Å². The van der Waals surface area contributed by atoms with Crippen molar-refractivity contribution in [2.24, 2.45) is 0 Å². The second-order valence-electron chi connectivity index (χ2n) is 4.86. The molecule has 1 rings (SSSR count). The van der Waals surface area contributed by atoms with E-state index in [1.165, 1.54) is 6.08 Å².